The standard InChI is InChI=1S/C15H21F3N2O2/c1-22-13-4-2-3-11(14(13)21)12(5-6-15(16,17)18)20-9-7-19-8-10-20/h2-4,12,19,21H,5-10H2,1H3/t12-/m1/s1. The number of halogens is 3. The normalized spacial score (nSPS) is 18.2. The third kappa shape index (κ3) is 4.27. The van der Waals surface area contributed by atoms with Gasteiger partial charge in [-0.3, -0.25) is 4.90 Å². The minimum atomic E-state index is -4.21. The molecule has 1 heterocycles. The van der Waals surface area contributed by atoms with Crippen LogP contribution in [-0.4, -0.2) is 49.5 Å². The molecule has 0 aliphatic carbocycles. The first-order valence-corrected chi connectivity index (χ1v) is 7.30. The molecule has 1 atom stereocenters. The number of aromatic hydroxyl groups is 1. The van der Waals surface area contributed by atoms with E-state index in [4.69, 9.17) is 4.74 Å². The van der Waals surface area contributed by atoms with Crippen molar-refractivity contribution in [1.29, 1.82) is 0 Å². The molecule has 22 heavy (non-hydrogen) atoms. The molecule has 1 aromatic rings. The van der Waals surface area contributed by atoms with E-state index in [0.717, 1.165) is 13.1 Å². The van der Waals surface area contributed by atoms with Gasteiger partial charge in [-0.05, 0) is 12.5 Å². The van der Waals surface area contributed by atoms with Crippen LogP contribution in [0.3, 0.4) is 0 Å². The minimum Gasteiger partial charge on any atom is -0.504 e. The Hall–Kier alpha value is -1.47. The Labute approximate surface area is 127 Å². The number of rotatable bonds is 5. The molecule has 0 radical (unpaired) electrons. The van der Waals surface area contributed by atoms with Gasteiger partial charge in [0.2, 0.25) is 0 Å². The number of hydrogen-bond acceptors (Lipinski definition) is 4. The van der Waals surface area contributed by atoms with Crippen molar-refractivity contribution < 1.29 is 23.0 Å². The van der Waals surface area contributed by atoms with Crippen LogP contribution in [0.15, 0.2) is 18.2 Å². The summed E-state index contributed by atoms with van der Waals surface area (Å²) in [5.41, 5.74) is 0.491. The number of nitrogens with one attached hydrogen (secondary N) is 1. The summed E-state index contributed by atoms with van der Waals surface area (Å²) in [7, 11) is 1.42. The van der Waals surface area contributed by atoms with Gasteiger partial charge in [0.05, 0.1) is 7.11 Å². The highest BCUT2D eigenvalue weighted by Crippen LogP contribution is 2.39. The van der Waals surface area contributed by atoms with Crippen molar-refractivity contribution in [1.82, 2.24) is 10.2 Å². The highest BCUT2D eigenvalue weighted by atomic mass is 19.4. The van der Waals surface area contributed by atoms with Crippen LogP contribution in [0.25, 0.3) is 0 Å². The maximum atomic E-state index is 12.6. The average molecular weight is 318 g/mol. The van der Waals surface area contributed by atoms with Crippen molar-refractivity contribution in [2.75, 3.05) is 33.3 Å². The molecular weight excluding hydrogens is 297 g/mol. The second-order valence-corrected chi connectivity index (χ2v) is 5.35. The molecule has 0 saturated carbocycles. The second kappa shape index (κ2) is 7.19. The van der Waals surface area contributed by atoms with Crippen LogP contribution in [0.5, 0.6) is 11.5 Å². The fraction of sp³-hybridized carbons (Fsp3) is 0.600. The molecule has 0 spiro atoms. The molecule has 1 aromatic carbocycles. The van der Waals surface area contributed by atoms with E-state index in [-0.39, 0.29) is 17.9 Å². The molecule has 1 aliphatic rings. The molecule has 124 valence electrons. The average Bonchev–Trinajstić information content (AvgIpc) is 2.49. The summed E-state index contributed by atoms with van der Waals surface area (Å²) in [5.74, 6) is 0.209. The predicted octanol–water partition coefficient (Wildman–Crippen LogP) is 2.69. The molecule has 7 heteroatoms. The Bertz CT molecular complexity index is 488. The highest BCUT2D eigenvalue weighted by Gasteiger charge is 2.32. The summed E-state index contributed by atoms with van der Waals surface area (Å²) in [6.07, 6.45) is -5.16. The summed E-state index contributed by atoms with van der Waals surface area (Å²) in [4.78, 5) is 1.98. The maximum absolute atomic E-state index is 12.6. The number of phenols is 1. The predicted molar refractivity (Wildman–Crippen MR) is 77.1 cm³/mol. The van der Waals surface area contributed by atoms with E-state index < -0.39 is 18.6 Å². The lowest BCUT2D eigenvalue weighted by Gasteiger charge is -2.35. The van der Waals surface area contributed by atoms with E-state index in [1.54, 1.807) is 18.2 Å². The Morgan fingerprint density at radius 2 is 2.00 bits per heavy atom. The van der Waals surface area contributed by atoms with E-state index in [0.29, 0.717) is 18.7 Å². The van der Waals surface area contributed by atoms with E-state index in [9.17, 15) is 18.3 Å². The number of ether oxygens (including phenoxy) is 1. The van der Waals surface area contributed by atoms with Gasteiger partial charge in [-0.25, -0.2) is 0 Å². The van der Waals surface area contributed by atoms with Crippen LogP contribution in [-0.2, 0) is 0 Å². The van der Waals surface area contributed by atoms with Crippen molar-refractivity contribution in [2.24, 2.45) is 0 Å². The van der Waals surface area contributed by atoms with Crippen molar-refractivity contribution >= 4 is 0 Å². The summed E-state index contributed by atoms with van der Waals surface area (Å²) in [6, 6.07) is 4.48. The lowest BCUT2D eigenvalue weighted by molar-refractivity contribution is -0.138. The van der Waals surface area contributed by atoms with Gasteiger partial charge in [-0.2, -0.15) is 13.2 Å². The van der Waals surface area contributed by atoms with Gasteiger partial charge in [0.25, 0.3) is 0 Å². The Balaban J connectivity index is 2.26. The molecule has 0 aromatic heterocycles. The van der Waals surface area contributed by atoms with Crippen molar-refractivity contribution in [3.8, 4) is 11.5 Å². The van der Waals surface area contributed by atoms with E-state index in [2.05, 4.69) is 5.32 Å². The largest absolute Gasteiger partial charge is 0.504 e. The molecule has 4 nitrogen and oxygen atoms in total. The summed E-state index contributed by atoms with van der Waals surface area (Å²) < 4.78 is 42.9. The van der Waals surface area contributed by atoms with Crippen LogP contribution in [0, 0.1) is 0 Å². The number of methoxy groups -OCH3 is 1. The van der Waals surface area contributed by atoms with Gasteiger partial charge in [0, 0.05) is 44.2 Å². The van der Waals surface area contributed by atoms with Crippen molar-refractivity contribution in [3.63, 3.8) is 0 Å². The van der Waals surface area contributed by atoms with Gasteiger partial charge < -0.3 is 15.2 Å². The number of piperazine rings is 1. The lowest BCUT2D eigenvalue weighted by Crippen LogP contribution is -2.45. The topological polar surface area (TPSA) is 44.7 Å². The quantitative estimate of drug-likeness (QED) is 0.876. The van der Waals surface area contributed by atoms with Gasteiger partial charge in [0.15, 0.2) is 11.5 Å². The summed E-state index contributed by atoms with van der Waals surface area (Å²) >= 11 is 0. The van der Waals surface area contributed by atoms with Crippen LogP contribution in [0.1, 0.15) is 24.4 Å². The van der Waals surface area contributed by atoms with E-state index in [1.165, 1.54) is 7.11 Å². The van der Waals surface area contributed by atoms with Crippen LogP contribution < -0.4 is 10.1 Å². The molecule has 0 bridgehead atoms. The smallest absolute Gasteiger partial charge is 0.389 e. The monoisotopic (exact) mass is 318 g/mol. The molecule has 0 amide bonds. The first-order valence-electron chi connectivity index (χ1n) is 7.30. The molecule has 1 aliphatic heterocycles. The first kappa shape index (κ1) is 16.9. The van der Waals surface area contributed by atoms with E-state index in [1.807, 2.05) is 4.90 Å². The van der Waals surface area contributed by atoms with Gasteiger partial charge in [0.1, 0.15) is 0 Å². The lowest BCUT2D eigenvalue weighted by atomic mass is 9.98. The Kier molecular flexibility index (Phi) is 5.52. The summed E-state index contributed by atoms with van der Waals surface area (Å²) in [6.45, 7) is 2.76. The number of phenolic OH excluding ortho intramolecular Hbond substituents is 1. The van der Waals surface area contributed by atoms with Crippen molar-refractivity contribution in [3.05, 3.63) is 23.8 Å². The zero-order chi connectivity index (χ0) is 16.2. The number of para-hydroxylation sites is 1. The third-order valence-electron chi connectivity index (χ3n) is 3.90. The molecule has 0 unspecified atom stereocenters. The Morgan fingerprint density at radius 1 is 1.32 bits per heavy atom. The molecule has 1 saturated heterocycles. The van der Waals surface area contributed by atoms with Crippen LogP contribution in [0.4, 0.5) is 13.2 Å². The summed E-state index contributed by atoms with van der Waals surface area (Å²) in [5, 5.41) is 13.5. The van der Waals surface area contributed by atoms with Gasteiger partial charge in [-0.15, -0.1) is 0 Å². The van der Waals surface area contributed by atoms with E-state index >= 15 is 0 Å². The first-order chi connectivity index (χ1) is 10.4. The Morgan fingerprint density at radius 3 is 2.59 bits per heavy atom. The molecule has 2 rings (SSSR count). The zero-order valence-corrected chi connectivity index (χ0v) is 12.5. The molecular formula is C15H21F3N2O2. The fourth-order valence-electron chi connectivity index (χ4n) is 2.80. The number of benzene rings is 1. The van der Waals surface area contributed by atoms with Crippen molar-refractivity contribution in [2.45, 2.75) is 25.1 Å². The number of hydrogen-bond donors (Lipinski definition) is 2. The molecule has 1 fully saturated rings. The highest BCUT2D eigenvalue weighted by molar-refractivity contribution is 5.47. The minimum absolute atomic E-state index is 0.0734. The maximum Gasteiger partial charge on any atom is 0.389 e. The zero-order valence-electron chi connectivity index (χ0n) is 12.5. The third-order valence-corrected chi connectivity index (χ3v) is 3.90. The number of alkyl halides is 3. The van der Waals surface area contributed by atoms with Crippen LogP contribution in [0.2, 0.25) is 0 Å². The molecule has 2 N–H and O–H groups in total. The number of nitrogens with zero attached hydrogens (tertiary/aromatic N) is 1. The second-order valence-electron chi connectivity index (χ2n) is 5.35. The van der Waals surface area contributed by atoms with Gasteiger partial charge in [-0.1, -0.05) is 12.1 Å². The SMILES string of the molecule is COc1cccc([C@@H](CCC(F)(F)F)N2CCNCC2)c1O. The van der Waals surface area contributed by atoms with Gasteiger partial charge >= 0.3 is 6.18 Å². The van der Waals surface area contributed by atoms with Crippen LogP contribution >= 0.6 is 0 Å². The fourth-order valence-corrected chi connectivity index (χ4v) is 2.80.